The molecule has 0 bridgehead atoms. The van der Waals surface area contributed by atoms with Crippen molar-refractivity contribution in [1.82, 2.24) is 5.32 Å². The van der Waals surface area contributed by atoms with Gasteiger partial charge in [-0.3, -0.25) is 4.79 Å². The second-order valence-electron chi connectivity index (χ2n) is 4.93. The lowest BCUT2D eigenvalue weighted by Gasteiger charge is -2.10. The highest BCUT2D eigenvalue weighted by atomic mass is 16.5. The Hall–Kier alpha value is -0.650. The lowest BCUT2D eigenvalue weighted by Crippen LogP contribution is -2.27. The molecule has 5 nitrogen and oxygen atoms in total. The topological polar surface area (TPSA) is 73.6 Å². The van der Waals surface area contributed by atoms with Crippen molar-refractivity contribution < 1.29 is 14.3 Å². The van der Waals surface area contributed by atoms with Gasteiger partial charge in [0.2, 0.25) is 5.91 Å². The molecule has 1 aliphatic heterocycles. The van der Waals surface area contributed by atoms with Crippen LogP contribution in [0.2, 0.25) is 0 Å². The minimum Gasteiger partial charge on any atom is -0.379 e. The van der Waals surface area contributed by atoms with Crippen molar-refractivity contribution in [2.75, 3.05) is 26.4 Å². The van der Waals surface area contributed by atoms with E-state index in [0.717, 1.165) is 32.3 Å². The average molecular weight is 258 g/mol. The van der Waals surface area contributed by atoms with E-state index in [2.05, 4.69) is 5.32 Å². The van der Waals surface area contributed by atoms with Crippen LogP contribution in [0.25, 0.3) is 0 Å². The van der Waals surface area contributed by atoms with E-state index in [1.807, 2.05) is 6.92 Å². The molecule has 0 aliphatic carbocycles. The fourth-order valence-electron chi connectivity index (χ4n) is 1.84. The molecule has 1 fully saturated rings. The van der Waals surface area contributed by atoms with E-state index >= 15 is 0 Å². The largest absolute Gasteiger partial charge is 0.379 e. The number of hydrogen-bond donors (Lipinski definition) is 2. The van der Waals surface area contributed by atoms with Crippen molar-refractivity contribution in [2.45, 2.75) is 51.2 Å². The summed E-state index contributed by atoms with van der Waals surface area (Å²) in [6, 6.07) is 0.0884. The maximum Gasteiger partial charge on any atom is 0.220 e. The molecule has 2 atom stereocenters. The molecule has 18 heavy (non-hydrogen) atoms. The van der Waals surface area contributed by atoms with Crippen LogP contribution in [-0.2, 0) is 14.3 Å². The Kier molecular flexibility index (Phi) is 7.96. The molecule has 1 amide bonds. The van der Waals surface area contributed by atoms with Gasteiger partial charge in [-0.1, -0.05) is 0 Å². The van der Waals surface area contributed by atoms with Crippen molar-refractivity contribution in [3.63, 3.8) is 0 Å². The molecule has 106 valence electrons. The van der Waals surface area contributed by atoms with Gasteiger partial charge in [-0.25, -0.2) is 0 Å². The van der Waals surface area contributed by atoms with E-state index in [4.69, 9.17) is 15.2 Å². The van der Waals surface area contributed by atoms with Crippen molar-refractivity contribution in [3.8, 4) is 0 Å². The first kappa shape index (κ1) is 15.4. The Morgan fingerprint density at radius 2 is 2.44 bits per heavy atom. The van der Waals surface area contributed by atoms with Gasteiger partial charge in [0.25, 0.3) is 0 Å². The fourth-order valence-corrected chi connectivity index (χ4v) is 1.84. The first-order valence-corrected chi connectivity index (χ1v) is 6.90. The van der Waals surface area contributed by atoms with Crippen LogP contribution in [0.4, 0.5) is 0 Å². The standard InChI is InChI=1S/C13H26N2O3/c1-11(14)5-6-13(16)15-7-3-8-17-10-12-4-2-9-18-12/h11-12H,2-10,14H2,1H3,(H,15,16). The molecule has 0 saturated carbocycles. The van der Waals surface area contributed by atoms with Gasteiger partial charge in [0, 0.05) is 32.2 Å². The van der Waals surface area contributed by atoms with Crippen LogP contribution in [0.1, 0.15) is 39.0 Å². The van der Waals surface area contributed by atoms with E-state index < -0.39 is 0 Å². The summed E-state index contributed by atoms with van der Waals surface area (Å²) < 4.78 is 10.9. The molecule has 1 aliphatic rings. The molecule has 5 heteroatoms. The summed E-state index contributed by atoms with van der Waals surface area (Å²) in [5.41, 5.74) is 5.58. The highest BCUT2D eigenvalue weighted by Crippen LogP contribution is 2.11. The molecule has 0 aromatic heterocycles. The Bertz CT molecular complexity index is 228. The number of carbonyl (C=O) groups excluding carboxylic acids is 1. The molecule has 0 radical (unpaired) electrons. The highest BCUT2D eigenvalue weighted by molar-refractivity contribution is 5.75. The molecular formula is C13H26N2O3. The van der Waals surface area contributed by atoms with Crippen LogP contribution in [-0.4, -0.2) is 44.4 Å². The number of hydrogen-bond acceptors (Lipinski definition) is 4. The summed E-state index contributed by atoms with van der Waals surface area (Å²) in [7, 11) is 0. The zero-order valence-electron chi connectivity index (χ0n) is 11.3. The summed E-state index contributed by atoms with van der Waals surface area (Å²) in [4.78, 5) is 11.4. The molecule has 0 aromatic rings. The van der Waals surface area contributed by atoms with Crippen molar-refractivity contribution >= 4 is 5.91 Å². The second-order valence-corrected chi connectivity index (χ2v) is 4.93. The quantitative estimate of drug-likeness (QED) is 0.600. The van der Waals surface area contributed by atoms with Crippen LogP contribution in [0.3, 0.4) is 0 Å². The van der Waals surface area contributed by atoms with Gasteiger partial charge in [0.15, 0.2) is 0 Å². The first-order chi connectivity index (χ1) is 8.68. The predicted molar refractivity (Wildman–Crippen MR) is 70.3 cm³/mol. The number of rotatable bonds is 9. The summed E-state index contributed by atoms with van der Waals surface area (Å²) in [6.07, 6.45) is 4.62. The van der Waals surface area contributed by atoms with Crippen LogP contribution < -0.4 is 11.1 Å². The number of ether oxygens (including phenoxy) is 2. The Labute approximate surface area is 109 Å². The third-order valence-electron chi connectivity index (χ3n) is 2.94. The van der Waals surface area contributed by atoms with Crippen LogP contribution in [0, 0.1) is 0 Å². The van der Waals surface area contributed by atoms with Crippen LogP contribution in [0.5, 0.6) is 0 Å². The minimum absolute atomic E-state index is 0.0754. The molecule has 1 rings (SSSR count). The smallest absolute Gasteiger partial charge is 0.220 e. The maximum atomic E-state index is 11.4. The lowest BCUT2D eigenvalue weighted by molar-refractivity contribution is -0.121. The van der Waals surface area contributed by atoms with Gasteiger partial charge >= 0.3 is 0 Å². The maximum absolute atomic E-state index is 11.4. The Balaban J connectivity index is 1.84. The SMILES string of the molecule is CC(N)CCC(=O)NCCCOCC1CCCO1. The first-order valence-electron chi connectivity index (χ1n) is 6.90. The van der Waals surface area contributed by atoms with Crippen molar-refractivity contribution in [2.24, 2.45) is 5.73 Å². The van der Waals surface area contributed by atoms with Gasteiger partial charge in [0.1, 0.15) is 0 Å². The van der Waals surface area contributed by atoms with Crippen LogP contribution in [0.15, 0.2) is 0 Å². The van der Waals surface area contributed by atoms with E-state index in [-0.39, 0.29) is 18.1 Å². The van der Waals surface area contributed by atoms with Gasteiger partial charge in [-0.05, 0) is 32.6 Å². The van der Waals surface area contributed by atoms with E-state index in [1.54, 1.807) is 0 Å². The molecule has 0 aromatic carbocycles. The van der Waals surface area contributed by atoms with Gasteiger partial charge in [-0.2, -0.15) is 0 Å². The monoisotopic (exact) mass is 258 g/mol. The third-order valence-corrected chi connectivity index (χ3v) is 2.94. The predicted octanol–water partition coefficient (Wildman–Crippen LogP) is 0.816. The summed E-state index contributed by atoms with van der Waals surface area (Å²) in [5, 5.41) is 2.86. The van der Waals surface area contributed by atoms with E-state index in [0.29, 0.717) is 26.2 Å². The molecular weight excluding hydrogens is 232 g/mol. The zero-order valence-corrected chi connectivity index (χ0v) is 11.3. The number of nitrogens with two attached hydrogens (primary N) is 1. The summed E-state index contributed by atoms with van der Waals surface area (Å²) in [5.74, 6) is 0.0754. The molecule has 1 heterocycles. The zero-order chi connectivity index (χ0) is 13.2. The normalized spacial score (nSPS) is 20.9. The number of nitrogens with one attached hydrogen (secondary N) is 1. The summed E-state index contributed by atoms with van der Waals surface area (Å²) >= 11 is 0. The van der Waals surface area contributed by atoms with Gasteiger partial charge < -0.3 is 20.5 Å². The number of amides is 1. The average Bonchev–Trinajstić information content (AvgIpc) is 2.84. The van der Waals surface area contributed by atoms with E-state index in [1.165, 1.54) is 0 Å². The minimum atomic E-state index is 0.0754. The van der Waals surface area contributed by atoms with Crippen LogP contribution >= 0.6 is 0 Å². The Morgan fingerprint density at radius 1 is 1.61 bits per heavy atom. The lowest BCUT2D eigenvalue weighted by atomic mass is 10.2. The van der Waals surface area contributed by atoms with E-state index in [9.17, 15) is 4.79 Å². The summed E-state index contributed by atoms with van der Waals surface area (Å²) in [6.45, 7) is 4.80. The highest BCUT2D eigenvalue weighted by Gasteiger charge is 2.14. The number of carbonyl (C=O) groups is 1. The van der Waals surface area contributed by atoms with Gasteiger partial charge in [0.05, 0.1) is 12.7 Å². The molecule has 3 N–H and O–H groups in total. The fraction of sp³-hybridized carbons (Fsp3) is 0.923. The second kappa shape index (κ2) is 9.30. The Morgan fingerprint density at radius 3 is 3.11 bits per heavy atom. The molecule has 2 unspecified atom stereocenters. The van der Waals surface area contributed by atoms with Crippen molar-refractivity contribution in [3.05, 3.63) is 0 Å². The molecule has 0 spiro atoms. The molecule has 1 saturated heterocycles. The van der Waals surface area contributed by atoms with Gasteiger partial charge in [-0.15, -0.1) is 0 Å². The third kappa shape index (κ3) is 7.63. The van der Waals surface area contributed by atoms with Crippen molar-refractivity contribution in [1.29, 1.82) is 0 Å².